The number of amides is 1. The van der Waals surface area contributed by atoms with Crippen LogP contribution in [0.5, 0.6) is 5.75 Å². The molecule has 2 atom stereocenters. The minimum atomic E-state index is -5.08. The van der Waals surface area contributed by atoms with E-state index in [1.54, 1.807) is 24.3 Å². The largest absolute Gasteiger partial charge is 0.493 e. The number of hydrogen-bond acceptors (Lipinski definition) is 6. The molecule has 1 aliphatic carbocycles. The lowest BCUT2D eigenvalue weighted by Crippen LogP contribution is -2.56. The Balaban J connectivity index is 0.000000727. The number of carboxylic acid groups (broad SMARTS) is 1. The fourth-order valence-electron chi connectivity index (χ4n) is 5.65. The van der Waals surface area contributed by atoms with Crippen LogP contribution in [0, 0.1) is 5.92 Å². The molecule has 0 spiro atoms. The quantitative estimate of drug-likeness (QED) is 0.199. The molecule has 0 aromatic heterocycles. The monoisotopic (exact) mass is 745 g/mol. The third kappa shape index (κ3) is 10.4. The van der Waals surface area contributed by atoms with E-state index in [4.69, 9.17) is 32.0 Å². The smallest absolute Gasteiger partial charge is 0.490 e. The molecule has 0 radical (unpaired) electrons. The molecule has 50 heavy (non-hydrogen) atoms. The number of halogens is 6. The Morgan fingerprint density at radius 2 is 1.44 bits per heavy atom. The highest BCUT2D eigenvalue weighted by Crippen LogP contribution is 2.36. The number of benzene rings is 3. The second-order valence-corrected chi connectivity index (χ2v) is 14.3. The van der Waals surface area contributed by atoms with Crippen LogP contribution in [-0.4, -0.2) is 68.3 Å². The van der Waals surface area contributed by atoms with Crippen molar-refractivity contribution >= 4 is 33.5 Å². The summed E-state index contributed by atoms with van der Waals surface area (Å²) in [7, 11) is -4.52. The summed E-state index contributed by atoms with van der Waals surface area (Å²) in [6.07, 6.45) is 1.15. The molecule has 1 unspecified atom stereocenters. The Bertz CT molecular complexity index is 1700. The molecule has 1 saturated heterocycles. The number of nitrogens with zero attached hydrogens (tertiary/aromatic N) is 1. The number of rotatable bonds is 10. The zero-order chi connectivity index (χ0) is 36.7. The van der Waals surface area contributed by atoms with E-state index in [0.29, 0.717) is 35.3 Å². The van der Waals surface area contributed by atoms with E-state index in [1.165, 1.54) is 72.7 Å². The summed E-state index contributed by atoms with van der Waals surface area (Å²) in [5.74, 6) is -6.71. The minimum absolute atomic E-state index is 0.0652. The normalized spacial score (nSPS) is 17.8. The van der Waals surface area contributed by atoms with Gasteiger partial charge in [0.05, 0.1) is 11.5 Å². The minimum Gasteiger partial charge on any atom is -0.493 e. The summed E-state index contributed by atoms with van der Waals surface area (Å²) in [5.41, 5.74) is 6.86. The van der Waals surface area contributed by atoms with Gasteiger partial charge < -0.3 is 20.5 Å². The number of nitrogens with two attached hydrogens (primary N) is 1. The molecule has 9 nitrogen and oxygen atoms in total. The van der Waals surface area contributed by atoms with E-state index in [-0.39, 0.29) is 24.0 Å². The van der Waals surface area contributed by atoms with Gasteiger partial charge >= 0.3 is 12.1 Å². The molecular weight excluding hydrogens is 709 g/mol. The fraction of sp³-hybridized carbons (Fsp3) is 0.412. The SMILES string of the molecule is N[C@H]1CCN(C(=O)C(NS(=O)(=O)c2ccc(OCC3CCCCC3)cc2)C(F)(F)c2ccc(-c3ccc(Cl)cc3)cc2)C1.O=C(O)C(F)(F)F. The van der Waals surface area contributed by atoms with Gasteiger partial charge in [-0.15, -0.1) is 0 Å². The van der Waals surface area contributed by atoms with Crippen molar-refractivity contribution in [1.82, 2.24) is 9.62 Å². The van der Waals surface area contributed by atoms with Gasteiger partial charge in [-0.25, -0.2) is 13.2 Å². The van der Waals surface area contributed by atoms with Crippen molar-refractivity contribution in [2.75, 3.05) is 19.7 Å². The highest BCUT2D eigenvalue weighted by Gasteiger charge is 2.50. The predicted octanol–water partition coefficient (Wildman–Crippen LogP) is 6.60. The molecule has 2 fully saturated rings. The zero-order valence-corrected chi connectivity index (χ0v) is 28.3. The fourth-order valence-corrected chi connectivity index (χ4v) is 6.97. The van der Waals surface area contributed by atoms with Crippen molar-refractivity contribution in [1.29, 1.82) is 0 Å². The molecule has 3 aromatic rings. The van der Waals surface area contributed by atoms with Gasteiger partial charge in [0, 0.05) is 29.7 Å². The molecule has 0 bridgehead atoms. The number of ether oxygens (including phenoxy) is 1. The van der Waals surface area contributed by atoms with Crippen LogP contribution in [0.2, 0.25) is 5.02 Å². The van der Waals surface area contributed by atoms with Crippen LogP contribution in [0.15, 0.2) is 77.7 Å². The molecule has 1 saturated carbocycles. The lowest BCUT2D eigenvalue weighted by Gasteiger charge is -2.30. The van der Waals surface area contributed by atoms with E-state index in [9.17, 15) is 26.4 Å². The average Bonchev–Trinajstić information content (AvgIpc) is 3.53. The molecular formula is C34H37ClF5N3O6S. The molecule has 16 heteroatoms. The molecule has 1 heterocycles. The molecule has 4 N–H and O–H groups in total. The Morgan fingerprint density at radius 1 is 0.900 bits per heavy atom. The summed E-state index contributed by atoms with van der Waals surface area (Å²) in [4.78, 5) is 23.3. The first-order valence-electron chi connectivity index (χ1n) is 15.8. The molecule has 5 rings (SSSR count). The molecule has 1 amide bonds. The maximum atomic E-state index is 16.2. The van der Waals surface area contributed by atoms with Crippen molar-refractivity contribution in [3.05, 3.63) is 83.4 Å². The zero-order valence-electron chi connectivity index (χ0n) is 26.7. The summed E-state index contributed by atoms with van der Waals surface area (Å²) < 4.78 is 98.7. The van der Waals surface area contributed by atoms with Gasteiger partial charge in [-0.2, -0.15) is 26.7 Å². The number of hydrogen-bond donors (Lipinski definition) is 3. The average molecular weight is 746 g/mol. The Morgan fingerprint density at radius 3 is 1.94 bits per heavy atom. The van der Waals surface area contributed by atoms with Crippen LogP contribution in [-0.2, 0) is 25.5 Å². The van der Waals surface area contributed by atoms with E-state index >= 15 is 8.78 Å². The van der Waals surface area contributed by atoms with Gasteiger partial charge in [0.15, 0.2) is 6.04 Å². The first kappa shape index (κ1) is 39.0. The molecule has 272 valence electrons. The molecule has 3 aromatic carbocycles. The number of likely N-dealkylation sites (tertiary alicyclic amines) is 1. The first-order valence-corrected chi connectivity index (χ1v) is 17.7. The second kappa shape index (κ2) is 16.5. The Labute approximate surface area is 291 Å². The summed E-state index contributed by atoms with van der Waals surface area (Å²) in [5, 5.41) is 7.67. The van der Waals surface area contributed by atoms with Crippen LogP contribution in [0.25, 0.3) is 11.1 Å². The van der Waals surface area contributed by atoms with Crippen molar-refractivity contribution < 1.29 is 49.8 Å². The van der Waals surface area contributed by atoms with Crippen molar-refractivity contribution in [3.8, 4) is 16.9 Å². The maximum absolute atomic E-state index is 16.2. The number of sulfonamides is 1. The standard InChI is InChI=1S/C32H36ClF2N3O4S.C2HF3O2/c33-26-12-8-24(9-13-26)23-6-10-25(11-7-23)32(34,35)30(31(39)38-19-18-27(36)20-38)37-43(40,41)29-16-14-28(15-17-29)42-21-22-4-2-1-3-5-22;3-2(4,5)1(6)7/h6-17,22,27,30,37H,1-5,18-21,36H2;(H,6,7)/t27-,30?;/m0./s1. The van der Waals surface area contributed by atoms with Gasteiger partial charge in [-0.1, -0.05) is 67.3 Å². The van der Waals surface area contributed by atoms with E-state index < -0.39 is 45.6 Å². The van der Waals surface area contributed by atoms with Gasteiger partial charge in [0.1, 0.15) is 5.75 Å². The van der Waals surface area contributed by atoms with Crippen molar-refractivity contribution in [2.45, 2.75) is 67.6 Å². The molecule has 2 aliphatic rings. The number of carbonyl (C=O) groups is 2. The summed E-state index contributed by atoms with van der Waals surface area (Å²) in [6.45, 7) is 0.772. The second-order valence-electron chi connectivity index (χ2n) is 12.2. The van der Waals surface area contributed by atoms with E-state index in [1.807, 2.05) is 4.72 Å². The van der Waals surface area contributed by atoms with Crippen LogP contribution >= 0.6 is 11.6 Å². The lowest BCUT2D eigenvalue weighted by atomic mass is 9.90. The van der Waals surface area contributed by atoms with Gasteiger partial charge in [-0.3, -0.25) is 4.79 Å². The van der Waals surface area contributed by atoms with Crippen molar-refractivity contribution in [3.63, 3.8) is 0 Å². The predicted molar refractivity (Wildman–Crippen MR) is 176 cm³/mol. The highest BCUT2D eigenvalue weighted by molar-refractivity contribution is 7.89. The van der Waals surface area contributed by atoms with E-state index in [2.05, 4.69) is 0 Å². The summed E-state index contributed by atoms with van der Waals surface area (Å²) >= 11 is 5.95. The number of nitrogens with one attached hydrogen (secondary N) is 1. The Hall–Kier alpha value is -3.79. The van der Waals surface area contributed by atoms with Crippen LogP contribution in [0.4, 0.5) is 22.0 Å². The van der Waals surface area contributed by atoms with Crippen molar-refractivity contribution in [2.24, 2.45) is 11.7 Å². The number of carbonyl (C=O) groups excluding carboxylic acids is 1. The topological polar surface area (TPSA) is 139 Å². The number of aliphatic carboxylic acids is 1. The van der Waals surface area contributed by atoms with E-state index in [0.717, 1.165) is 18.4 Å². The lowest BCUT2D eigenvalue weighted by molar-refractivity contribution is -0.192. The summed E-state index contributed by atoms with van der Waals surface area (Å²) in [6, 6.07) is 15.2. The third-order valence-electron chi connectivity index (χ3n) is 8.45. The van der Waals surface area contributed by atoms with Crippen LogP contribution in [0.3, 0.4) is 0 Å². The van der Waals surface area contributed by atoms with Crippen LogP contribution in [0.1, 0.15) is 44.1 Å². The number of carboxylic acids is 1. The third-order valence-corrected chi connectivity index (χ3v) is 10.1. The highest BCUT2D eigenvalue weighted by atomic mass is 35.5. The number of alkyl halides is 5. The maximum Gasteiger partial charge on any atom is 0.490 e. The van der Waals surface area contributed by atoms with Gasteiger partial charge in [0.2, 0.25) is 15.9 Å². The van der Waals surface area contributed by atoms with Crippen LogP contribution < -0.4 is 15.2 Å². The van der Waals surface area contributed by atoms with Gasteiger partial charge in [-0.05, 0) is 72.7 Å². The molecule has 1 aliphatic heterocycles. The first-order chi connectivity index (χ1) is 23.5. The Kier molecular flexibility index (Phi) is 12.9. The van der Waals surface area contributed by atoms with Gasteiger partial charge in [0.25, 0.3) is 5.92 Å².